The fourth-order valence-corrected chi connectivity index (χ4v) is 6.32. The highest BCUT2D eigenvalue weighted by Gasteiger charge is 2.15. The van der Waals surface area contributed by atoms with E-state index >= 15 is 0 Å². The molecule has 0 saturated carbocycles. The third-order valence-electron chi connectivity index (χ3n) is 8.67. The molecule has 0 aliphatic carbocycles. The van der Waals surface area contributed by atoms with Gasteiger partial charge in [-0.3, -0.25) is 0 Å². The quantitative estimate of drug-likeness (QED) is 0.202. The lowest BCUT2D eigenvalue weighted by atomic mass is 9.99. The molecule has 0 atom stereocenters. The molecule has 1 heterocycles. The Kier molecular flexibility index (Phi) is 6.56. The van der Waals surface area contributed by atoms with Crippen LogP contribution in [0.3, 0.4) is 0 Å². The Bertz CT molecular complexity index is 2230. The molecule has 0 saturated heterocycles. The van der Waals surface area contributed by atoms with Crippen molar-refractivity contribution in [3.63, 3.8) is 0 Å². The summed E-state index contributed by atoms with van der Waals surface area (Å²) in [6.45, 7) is 0. The first-order valence-corrected chi connectivity index (χ1v) is 15.2. The molecule has 8 aromatic rings. The van der Waals surface area contributed by atoms with Gasteiger partial charge in [-0.05, 0) is 93.0 Å². The molecule has 2 nitrogen and oxygen atoms in total. The summed E-state index contributed by atoms with van der Waals surface area (Å²) in [5.41, 5.74) is 13.6. The first kappa shape index (κ1) is 26.5. The molecule has 1 aromatic heterocycles. The molecule has 0 aliphatic heterocycles. The Morgan fingerprint density at radius 3 is 1.13 bits per heavy atom. The van der Waals surface area contributed by atoms with Crippen LogP contribution in [0.2, 0.25) is 0 Å². The molecule has 8 rings (SSSR count). The van der Waals surface area contributed by atoms with Gasteiger partial charge in [-0.15, -0.1) is 0 Å². The number of nitrogens with zero attached hydrogens (tertiary/aromatic N) is 2. The number of fused-ring (bicyclic) bond motifs is 3. The summed E-state index contributed by atoms with van der Waals surface area (Å²) in [5, 5.41) is 11.6. The lowest BCUT2D eigenvalue weighted by Crippen LogP contribution is -1.94. The van der Waals surface area contributed by atoms with Crippen LogP contribution in [0.1, 0.15) is 5.56 Å². The molecule has 0 spiro atoms. The Hall–Kier alpha value is -6.17. The largest absolute Gasteiger partial charge is 0.309 e. The monoisotopic (exact) mass is 572 g/mol. The van der Waals surface area contributed by atoms with Crippen LogP contribution in [-0.2, 0) is 0 Å². The number of hydrogen-bond donors (Lipinski definition) is 0. The second-order valence-electron chi connectivity index (χ2n) is 11.3. The second-order valence-corrected chi connectivity index (χ2v) is 11.3. The van der Waals surface area contributed by atoms with Crippen molar-refractivity contribution >= 4 is 21.8 Å². The maximum Gasteiger partial charge on any atom is 0.0991 e. The highest BCUT2D eigenvalue weighted by atomic mass is 15.0. The molecule has 0 bridgehead atoms. The zero-order chi connectivity index (χ0) is 30.2. The van der Waals surface area contributed by atoms with Crippen LogP contribution in [0.5, 0.6) is 0 Å². The minimum Gasteiger partial charge on any atom is -0.309 e. The Morgan fingerprint density at radius 1 is 0.356 bits per heavy atom. The second kappa shape index (κ2) is 11.2. The zero-order valence-corrected chi connectivity index (χ0v) is 24.6. The third-order valence-corrected chi connectivity index (χ3v) is 8.67. The van der Waals surface area contributed by atoms with Gasteiger partial charge in [-0.25, -0.2) is 0 Å². The van der Waals surface area contributed by atoms with E-state index in [4.69, 9.17) is 5.26 Å². The highest BCUT2D eigenvalue weighted by Crippen LogP contribution is 2.37. The van der Waals surface area contributed by atoms with Crippen molar-refractivity contribution in [3.8, 4) is 56.3 Å². The molecule has 210 valence electrons. The van der Waals surface area contributed by atoms with E-state index in [0.717, 1.165) is 16.8 Å². The van der Waals surface area contributed by atoms with Crippen molar-refractivity contribution < 1.29 is 0 Å². The van der Waals surface area contributed by atoms with Crippen LogP contribution in [0.4, 0.5) is 0 Å². The van der Waals surface area contributed by atoms with Crippen molar-refractivity contribution in [2.45, 2.75) is 0 Å². The van der Waals surface area contributed by atoms with Crippen molar-refractivity contribution in [1.29, 1.82) is 5.26 Å². The van der Waals surface area contributed by atoms with E-state index in [-0.39, 0.29) is 0 Å². The van der Waals surface area contributed by atoms with Crippen molar-refractivity contribution in [3.05, 3.63) is 175 Å². The van der Waals surface area contributed by atoms with Crippen molar-refractivity contribution in [2.24, 2.45) is 0 Å². The molecule has 7 aromatic carbocycles. The molecule has 0 fully saturated rings. The molecular weight excluding hydrogens is 544 g/mol. The molecule has 0 radical (unpaired) electrons. The van der Waals surface area contributed by atoms with Crippen LogP contribution < -0.4 is 0 Å². The van der Waals surface area contributed by atoms with Gasteiger partial charge in [0.15, 0.2) is 0 Å². The average Bonchev–Trinajstić information content (AvgIpc) is 3.45. The van der Waals surface area contributed by atoms with Gasteiger partial charge >= 0.3 is 0 Å². The van der Waals surface area contributed by atoms with E-state index in [0.29, 0.717) is 5.56 Å². The smallest absolute Gasteiger partial charge is 0.0991 e. The van der Waals surface area contributed by atoms with E-state index in [1.165, 1.54) is 55.2 Å². The maximum atomic E-state index is 9.10. The number of nitriles is 1. The first-order valence-electron chi connectivity index (χ1n) is 15.2. The topological polar surface area (TPSA) is 28.7 Å². The van der Waals surface area contributed by atoms with Gasteiger partial charge in [0, 0.05) is 16.5 Å². The van der Waals surface area contributed by atoms with Crippen LogP contribution >= 0.6 is 0 Å². The third kappa shape index (κ3) is 4.87. The number of aromatic nitrogens is 1. The van der Waals surface area contributed by atoms with Gasteiger partial charge in [0.1, 0.15) is 0 Å². The van der Waals surface area contributed by atoms with Crippen LogP contribution in [0.15, 0.2) is 170 Å². The molecule has 2 heteroatoms. The van der Waals surface area contributed by atoms with E-state index in [9.17, 15) is 0 Å². The lowest BCUT2D eigenvalue weighted by Gasteiger charge is -2.11. The molecule has 0 N–H and O–H groups in total. The fourth-order valence-electron chi connectivity index (χ4n) is 6.32. The Labute approximate surface area is 262 Å². The molecule has 0 unspecified atom stereocenters. The van der Waals surface area contributed by atoms with Crippen molar-refractivity contribution in [2.75, 3.05) is 0 Å². The lowest BCUT2D eigenvalue weighted by molar-refractivity contribution is 1.18. The summed E-state index contributed by atoms with van der Waals surface area (Å²) in [4.78, 5) is 0. The normalized spacial score (nSPS) is 11.1. The summed E-state index contributed by atoms with van der Waals surface area (Å²) in [5.74, 6) is 0. The van der Waals surface area contributed by atoms with Crippen LogP contribution in [0.25, 0.3) is 72.0 Å². The summed E-state index contributed by atoms with van der Waals surface area (Å²) >= 11 is 0. The van der Waals surface area contributed by atoms with E-state index in [2.05, 4.69) is 156 Å². The predicted molar refractivity (Wildman–Crippen MR) is 187 cm³/mol. The van der Waals surface area contributed by atoms with Gasteiger partial charge in [-0.1, -0.05) is 121 Å². The number of benzene rings is 7. The Balaban J connectivity index is 1.20. The van der Waals surface area contributed by atoms with Gasteiger partial charge in [0.05, 0.1) is 22.7 Å². The average molecular weight is 573 g/mol. The predicted octanol–water partition coefficient (Wildman–Crippen LogP) is 11.3. The molecule has 0 aliphatic rings. The van der Waals surface area contributed by atoms with Crippen molar-refractivity contribution in [1.82, 2.24) is 4.57 Å². The van der Waals surface area contributed by atoms with Crippen LogP contribution in [0, 0.1) is 11.3 Å². The van der Waals surface area contributed by atoms with Gasteiger partial charge < -0.3 is 4.57 Å². The molecule has 45 heavy (non-hydrogen) atoms. The maximum absolute atomic E-state index is 9.10. The Morgan fingerprint density at radius 2 is 0.711 bits per heavy atom. The van der Waals surface area contributed by atoms with Gasteiger partial charge in [0.25, 0.3) is 0 Å². The van der Waals surface area contributed by atoms with Gasteiger partial charge in [0.2, 0.25) is 0 Å². The fraction of sp³-hybridized carbons (Fsp3) is 0. The highest BCUT2D eigenvalue weighted by molar-refractivity contribution is 6.11. The summed E-state index contributed by atoms with van der Waals surface area (Å²) in [7, 11) is 0. The number of hydrogen-bond acceptors (Lipinski definition) is 1. The summed E-state index contributed by atoms with van der Waals surface area (Å²) in [6, 6.07) is 62.2. The number of rotatable bonds is 5. The minimum atomic E-state index is 0.673. The first-order chi connectivity index (χ1) is 22.2. The zero-order valence-electron chi connectivity index (χ0n) is 24.6. The standard InChI is InChI=1S/C43H28N2/c44-29-30-11-13-33(14-12-30)34-15-17-35(18-16-34)36-19-23-39(24-20-36)45-42-25-21-37(31-7-3-1-4-8-31)27-40(42)41-28-38(22-26-43(41)45)32-9-5-2-6-10-32/h1-28H. The molecule has 0 amide bonds. The van der Waals surface area contributed by atoms with Crippen LogP contribution in [-0.4, -0.2) is 4.57 Å². The van der Waals surface area contributed by atoms with E-state index < -0.39 is 0 Å². The van der Waals surface area contributed by atoms with E-state index in [1.54, 1.807) is 0 Å². The molecular formula is C43H28N2. The van der Waals surface area contributed by atoms with Gasteiger partial charge in [-0.2, -0.15) is 5.26 Å². The SMILES string of the molecule is N#Cc1ccc(-c2ccc(-c3ccc(-n4c5ccc(-c6ccccc6)cc5c5cc(-c6ccccc6)ccc54)cc3)cc2)cc1. The van der Waals surface area contributed by atoms with E-state index in [1.807, 2.05) is 24.3 Å². The summed E-state index contributed by atoms with van der Waals surface area (Å²) < 4.78 is 2.38. The summed E-state index contributed by atoms with van der Waals surface area (Å²) in [6.07, 6.45) is 0. The minimum absolute atomic E-state index is 0.673.